The number of anilines is 1. The number of fused-ring (bicyclic) bond motifs is 1. The van der Waals surface area contributed by atoms with Crippen LogP contribution in [0.2, 0.25) is 5.02 Å². The van der Waals surface area contributed by atoms with Gasteiger partial charge in [-0.15, -0.1) is 0 Å². The molecule has 0 atom stereocenters. The Morgan fingerprint density at radius 3 is 2.69 bits per heavy atom. The topological polar surface area (TPSA) is 105 Å². The lowest BCUT2D eigenvalue weighted by Crippen LogP contribution is -2.15. The SMILES string of the molecule is Cc1ccc(Cl)cc1-c1n[nH]c(=O)c2cc(S(=O)(=O)Nc3ncc(F)s3)ccc12. The molecule has 11 heteroatoms. The first-order chi connectivity index (χ1) is 13.7. The minimum atomic E-state index is -4.06. The molecule has 0 unspecified atom stereocenters. The van der Waals surface area contributed by atoms with Gasteiger partial charge in [-0.2, -0.15) is 9.49 Å². The van der Waals surface area contributed by atoms with Gasteiger partial charge in [-0.25, -0.2) is 18.5 Å². The van der Waals surface area contributed by atoms with Crippen LogP contribution < -0.4 is 10.3 Å². The molecule has 0 saturated carbocycles. The number of aromatic nitrogens is 3. The number of nitrogens with one attached hydrogen (secondary N) is 2. The molecule has 4 aromatic rings. The van der Waals surface area contributed by atoms with Gasteiger partial charge in [0.1, 0.15) is 0 Å². The van der Waals surface area contributed by atoms with Crippen LogP contribution >= 0.6 is 22.9 Å². The van der Waals surface area contributed by atoms with Gasteiger partial charge in [0, 0.05) is 16.0 Å². The molecule has 29 heavy (non-hydrogen) atoms. The van der Waals surface area contributed by atoms with E-state index in [9.17, 15) is 17.6 Å². The lowest BCUT2D eigenvalue weighted by atomic mass is 10.0. The summed E-state index contributed by atoms with van der Waals surface area (Å²) in [6, 6.07) is 9.38. The van der Waals surface area contributed by atoms with E-state index >= 15 is 0 Å². The number of benzene rings is 2. The molecule has 148 valence electrons. The zero-order valence-corrected chi connectivity index (χ0v) is 17.1. The fourth-order valence-electron chi connectivity index (χ4n) is 2.84. The van der Waals surface area contributed by atoms with Crippen molar-refractivity contribution in [3.63, 3.8) is 0 Å². The molecular weight excluding hydrogens is 439 g/mol. The molecule has 0 aliphatic rings. The molecule has 2 aromatic heterocycles. The van der Waals surface area contributed by atoms with E-state index < -0.39 is 20.7 Å². The molecule has 0 saturated heterocycles. The van der Waals surface area contributed by atoms with E-state index in [-0.39, 0.29) is 15.4 Å². The largest absolute Gasteiger partial charge is 0.272 e. The maximum absolute atomic E-state index is 13.1. The van der Waals surface area contributed by atoms with Gasteiger partial charge in [0.05, 0.1) is 22.2 Å². The molecule has 0 spiro atoms. The molecule has 0 radical (unpaired) electrons. The number of nitrogens with zero attached hydrogens (tertiary/aromatic N) is 2. The van der Waals surface area contributed by atoms with Crippen LogP contribution in [0, 0.1) is 12.1 Å². The second kappa shape index (κ2) is 7.21. The number of rotatable bonds is 4. The van der Waals surface area contributed by atoms with Gasteiger partial charge in [-0.1, -0.05) is 35.1 Å². The molecule has 2 aromatic carbocycles. The van der Waals surface area contributed by atoms with Crippen molar-refractivity contribution in [2.45, 2.75) is 11.8 Å². The Labute approximate surface area is 173 Å². The van der Waals surface area contributed by atoms with Crippen molar-refractivity contribution in [3.8, 4) is 11.3 Å². The van der Waals surface area contributed by atoms with Gasteiger partial charge in [-0.05, 0) is 36.8 Å². The number of hydrogen-bond acceptors (Lipinski definition) is 6. The highest BCUT2D eigenvalue weighted by Gasteiger charge is 2.19. The fourth-order valence-corrected chi connectivity index (χ4v) is 4.83. The Morgan fingerprint density at radius 2 is 1.97 bits per heavy atom. The van der Waals surface area contributed by atoms with Gasteiger partial charge >= 0.3 is 0 Å². The van der Waals surface area contributed by atoms with Crippen molar-refractivity contribution < 1.29 is 12.8 Å². The molecule has 0 bridgehead atoms. The minimum Gasteiger partial charge on any atom is -0.267 e. The van der Waals surface area contributed by atoms with E-state index in [1.807, 2.05) is 13.0 Å². The van der Waals surface area contributed by atoms with E-state index in [2.05, 4.69) is 19.9 Å². The summed E-state index contributed by atoms with van der Waals surface area (Å²) in [6.45, 7) is 1.88. The Bertz CT molecular complexity index is 1420. The number of sulfonamides is 1. The monoisotopic (exact) mass is 450 g/mol. The smallest absolute Gasteiger partial charge is 0.267 e. The highest BCUT2D eigenvalue weighted by molar-refractivity contribution is 7.93. The van der Waals surface area contributed by atoms with Crippen molar-refractivity contribution in [2.24, 2.45) is 0 Å². The predicted molar refractivity (Wildman–Crippen MR) is 110 cm³/mol. The molecule has 2 N–H and O–H groups in total. The number of aromatic amines is 1. The summed E-state index contributed by atoms with van der Waals surface area (Å²) in [5.41, 5.74) is 1.53. The van der Waals surface area contributed by atoms with Crippen LogP contribution in [0.5, 0.6) is 0 Å². The molecule has 4 rings (SSSR count). The first-order valence-corrected chi connectivity index (χ1v) is 10.9. The van der Waals surface area contributed by atoms with E-state index in [1.54, 1.807) is 12.1 Å². The third-order valence-corrected chi connectivity index (χ3v) is 6.63. The summed E-state index contributed by atoms with van der Waals surface area (Å²) in [5, 5.41) is 6.91. The zero-order chi connectivity index (χ0) is 20.8. The summed E-state index contributed by atoms with van der Waals surface area (Å²) in [7, 11) is -4.06. The maximum atomic E-state index is 13.1. The lowest BCUT2D eigenvalue weighted by molar-refractivity contribution is 0.601. The third-order valence-electron chi connectivity index (χ3n) is 4.22. The van der Waals surface area contributed by atoms with Crippen LogP contribution in [0.3, 0.4) is 0 Å². The molecule has 0 fully saturated rings. The van der Waals surface area contributed by atoms with E-state index in [0.29, 0.717) is 33.0 Å². The lowest BCUT2D eigenvalue weighted by Gasteiger charge is -2.10. The Balaban J connectivity index is 1.86. The molecule has 0 aliphatic heterocycles. The summed E-state index contributed by atoms with van der Waals surface area (Å²) >= 11 is 6.65. The van der Waals surface area contributed by atoms with Crippen LogP contribution in [0.4, 0.5) is 9.52 Å². The number of hydrogen-bond donors (Lipinski definition) is 2. The van der Waals surface area contributed by atoms with Crippen LogP contribution in [0.1, 0.15) is 5.56 Å². The molecule has 0 amide bonds. The average Bonchev–Trinajstić information content (AvgIpc) is 3.08. The number of aryl methyl sites for hydroxylation is 1. The second-order valence-corrected chi connectivity index (χ2v) is 9.24. The highest BCUT2D eigenvalue weighted by atomic mass is 35.5. The summed E-state index contributed by atoms with van der Waals surface area (Å²) in [6.07, 6.45) is 0.916. The van der Waals surface area contributed by atoms with Crippen LogP contribution in [-0.2, 0) is 10.0 Å². The quantitative estimate of drug-likeness (QED) is 0.490. The summed E-state index contributed by atoms with van der Waals surface area (Å²) < 4.78 is 40.5. The first-order valence-electron chi connectivity index (χ1n) is 8.18. The van der Waals surface area contributed by atoms with Crippen molar-refractivity contribution in [1.29, 1.82) is 0 Å². The van der Waals surface area contributed by atoms with Crippen LogP contribution in [0.15, 0.2) is 52.3 Å². The Morgan fingerprint density at radius 1 is 1.17 bits per heavy atom. The highest BCUT2D eigenvalue weighted by Crippen LogP contribution is 2.30. The van der Waals surface area contributed by atoms with Crippen LogP contribution in [-0.4, -0.2) is 23.6 Å². The summed E-state index contributed by atoms with van der Waals surface area (Å²) in [4.78, 5) is 15.8. The van der Waals surface area contributed by atoms with Crippen molar-refractivity contribution in [2.75, 3.05) is 4.72 Å². The summed E-state index contributed by atoms with van der Waals surface area (Å²) in [5.74, 6) is 0. The Kier molecular flexibility index (Phi) is 4.85. The average molecular weight is 451 g/mol. The molecule has 0 aliphatic carbocycles. The minimum absolute atomic E-state index is 0.110. The molecule has 7 nitrogen and oxygen atoms in total. The van der Waals surface area contributed by atoms with Gasteiger partial charge in [-0.3, -0.25) is 9.52 Å². The number of thiazole rings is 1. The normalized spacial score (nSPS) is 11.7. The predicted octanol–water partition coefficient (Wildman–Crippen LogP) is 3.95. The van der Waals surface area contributed by atoms with Gasteiger partial charge < -0.3 is 0 Å². The molecule has 2 heterocycles. The van der Waals surface area contributed by atoms with Crippen molar-refractivity contribution in [1.82, 2.24) is 15.2 Å². The van der Waals surface area contributed by atoms with Gasteiger partial charge in [0.2, 0.25) is 0 Å². The number of H-pyrrole nitrogens is 1. The van der Waals surface area contributed by atoms with E-state index in [0.717, 1.165) is 11.8 Å². The van der Waals surface area contributed by atoms with Crippen molar-refractivity contribution in [3.05, 3.63) is 68.7 Å². The van der Waals surface area contributed by atoms with Gasteiger partial charge in [0.25, 0.3) is 15.6 Å². The third kappa shape index (κ3) is 3.74. The van der Waals surface area contributed by atoms with E-state index in [4.69, 9.17) is 11.6 Å². The standard InChI is InChI=1S/C18H12ClFN4O3S2/c1-9-2-3-10(19)6-13(9)16-12-5-4-11(7-14(12)17(25)23-22-16)29(26,27)24-18-21-8-15(20)28-18/h2-8H,1H3,(H,21,24)(H,23,25). The maximum Gasteiger partial charge on any atom is 0.272 e. The van der Waals surface area contributed by atoms with Gasteiger partial charge in [0.15, 0.2) is 10.3 Å². The second-order valence-electron chi connectivity index (χ2n) is 6.14. The fraction of sp³-hybridized carbons (Fsp3) is 0.0556. The number of halogens is 2. The van der Waals surface area contributed by atoms with Crippen LogP contribution in [0.25, 0.3) is 22.0 Å². The Hall–Kier alpha value is -2.82. The zero-order valence-electron chi connectivity index (χ0n) is 14.7. The van der Waals surface area contributed by atoms with E-state index in [1.165, 1.54) is 18.2 Å². The first kappa shape index (κ1) is 19.5. The van der Waals surface area contributed by atoms with Crippen molar-refractivity contribution >= 4 is 48.9 Å². The molecular formula is C18H12ClFN4O3S2.